The molecule has 0 aliphatic carbocycles. The van der Waals surface area contributed by atoms with E-state index in [0.717, 1.165) is 46.6 Å². The van der Waals surface area contributed by atoms with Crippen LogP contribution in [0.2, 0.25) is 5.02 Å². The van der Waals surface area contributed by atoms with E-state index in [2.05, 4.69) is 24.1 Å². The summed E-state index contributed by atoms with van der Waals surface area (Å²) < 4.78 is 0. The topological polar surface area (TPSA) is 23.6 Å². The van der Waals surface area contributed by atoms with Gasteiger partial charge in [0.2, 0.25) is 5.91 Å². The van der Waals surface area contributed by atoms with Crippen LogP contribution in [-0.2, 0) is 4.79 Å². The SMILES string of the molecule is CN1CCC(N(C)C(=O)CSc2cccc3cccc(Cl)c23)CC1. The van der Waals surface area contributed by atoms with Gasteiger partial charge in [-0.05, 0) is 50.5 Å². The van der Waals surface area contributed by atoms with Crippen molar-refractivity contribution >= 4 is 40.0 Å². The average Bonchev–Trinajstić information content (AvgIpc) is 2.60. The van der Waals surface area contributed by atoms with Crippen molar-refractivity contribution in [2.24, 2.45) is 0 Å². The molecule has 1 amide bonds. The Labute approximate surface area is 152 Å². The molecule has 1 aliphatic rings. The fraction of sp³-hybridized carbons (Fsp3) is 0.421. The maximum Gasteiger partial charge on any atom is 0.232 e. The highest BCUT2D eigenvalue weighted by atomic mass is 35.5. The van der Waals surface area contributed by atoms with Gasteiger partial charge in [-0.3, -0.25) is 4.79 Å². The third-order valence-corrected chi connectivity index (χ3v) is 6.15. The summed E-state index contributed by atoms with van der Waals surface area (Å²) in [6, 6.07) is 12.4. The molecule has 1 saturated heterocycles. The zero-order valence-electron chi connectivity index (χ0n) is 14.2. The van der Waals surface area contributed by atoms with Crippen molar-refractivity contribution in [2.45, 2.75) is 23.8 Å². The van der Waals surface area contributed by atoms with Gasteiger partial charge < -0.3 is 9.80 Å². The van der Waals surface area contributed by atoms with Crippen LogP contribution in [0.15, 0.2) is 41.3 Å². The fourth-order valence-corrected chi connectivity index (χ4v) is 4.58. The number of fused-ring (bicyclic) bond motifs is 1. The largest absolute Gasteiger partial charge is 0.342 e. The van der Waals surface area contributed by atoms with Crippen LogP contribution in [0.4, 0.5) is 0 Å². The zero-order chi connectivity index (χ0) is 17.1. The molecule has 5 heteroatoms. The lowest BCUT2D eigenvalue weighted by Gasteiger charge is -2.35. The highest BCUT2D eigenvalue weighted by Gasteiger charge is 2.24. The Morgan fingerprint density at radius 1 is 1.25 bits per heavy atom. The van der Waals surface area contributed by atoms with Crippen LogP contribution in [0.1, 0.15) is 12.8 Å². The van der Waals surface area contributed by atoms with Crippen LogP contribution >= 0.6 is 23.4 Å². The predicted molar refractivity (Wildman–Crippen MR) is 103 cm³/mol. The van der Waals surface area contributed by atoms with Crippen molar-refractivity contribution < 1.29 is 4.79 Å². The van der Waals surface area contributed by atoms with Gasteiger partial charge in [0.1, 0.15) is 0 Å². The summed E-state index contributed by atoms with van der Waals surface area (Å²) in [4.78, 5) is 17.9. The maximum atomic E-state index is 12.6. The molecule has 0 saturated carbocycles. The van der Waals surface area contributed by atoms with Gasteiger partial charge in [0.15, 0.2) is 0 Å². The third-order valence-electron chi connectivity index (χ3n) is 4.80. The maximum absolute atomic E-state index is 12.6. The normalized spacial score (nSPS) is 16.5. The number of likely N-dealkylation sites (tertiary alicyclic amines) is 1. The minimum Gasteiger partial charge on any atom is -0.342 e. The molecule has 1 aliphatic heterocycles. The molecule has 1 fully saturated rings. The second-order valence-corrected chi connectivity index (χ2v) is 7.85. The number of carbonyl (C=O) groups is 1. The van der Waals surface area contributed by atoms with Gasteiger partial charge in [0.05, 0.1) is 5.75 Å². The van der Waals surface area contributed by atoms with Crippen molar-refractivity contribution in [1.29, 1.82) is 0 Å². The van der Waals surface area contributed by atoms with Gasteiger partial charge in [-0.15, -0.1) is 11.8 Å². The van der Waals surface area contributed by atoms with Gasteiger partial charge in [-0.1, -0.05) is 35.9 Å². The number of piperidine rings is 1. The molecule has 24 heavy (non-hydrogen) atoms. The van der Waals surface area contributed by atoms with E-state index in [-0.39, 0.29) is 5.91 Å². The van der Waals surface area contributed by atoms with E-state index in [0.29, 0.717) is 11.8 Å². The Bertz CT molecular complexity index is 723. The standard InChI is InChI=1S/C19H23ClN2OS/c1-21-11-9-15(10-12-21)22(2)18(23)13-24-17-8-4-6-14-5-3-7-16(20)19(14)17/h3-8,15H,9-13H2,1-2H3. The highest BCUT2D eigenvalue weighted by molar-refractivity contribution is 8.00. The number of rotatable bonds is 4. The summed E-state index contributed by atoms with van der Waals surface area (Å²) in [7, 11) is 4.08. The Morgan fingerprint density at radius 3 is 2.62 bits per heavy atom. The molecule has 0 atom stereocenters. The number of thioether (sulfide) groups is 1. The molecule has 0 spiro atoms. The molecule has 1 heterocycles. The monoisotopic (exact) mass is 362 g/mol. The molecule has 3 rings (SSSR count). The van der Waals surface area contributed by atoms with Gasteiger partial charge in [0, 0.05) is 28.4 Å². The van der Waals surface area contributed by atoms with Gasteiger partial charge in [0.25, 0.3) is 0 Å². The highest BCUT2D eigenvalue weighted by Crippen LogP contribution is 2.33. The van der Waals surface area contributed by atoms with Crippen molar-refractivity contribution in [3.05, 3.63) is 41.4 Å². The lowest BCUT2D eigenvalue weighted by Crippen LogP contribution is -2.45. The number of halogens is 1. The number of hydrogen-bond acceptors (Lipinski definition) is 3. The second-order valence-electron chi connectivity index (χ2n) is 6.42. The van der Waals surface area contributed by atoms with Crippen molar-refractivity contribution in [3.63, 3.8) is 0 Å². The minimum absolute atomic E-state index is 0.193. The Kier molecular flexibility index (Phi) is 5.69. The fourth-order valence-electron chi connectivity index (χ4n) is 3.21. The molecule has 0 bridgehead atoms. The van der Waals surface area contributed by atoms with Gasteiger partial charge in [-0.25, -0.2) is 0 Å². The summed E-state index contributed by atoms with van der Waals surface area (Å²) in [5, 5.41) is 2.90. The Hall–Kier alpha value is -1.23. The molecule has 0 unspecified atom stereocenters. The number of amides is 1. The summed E-state index contributed by atoms with van der Waals surface area (Å²) >= 11 is 7.94. The first-order chi connectivity index (χ1) is 11.6. The van der Waals surface area contributed by atoms with Crippen LogP contribution in [0, 0.1) is 0 Å². The van der Waals surface area contributed by atoms with E-state index in [1.54, 1.807) is 11.8 Å². The smallest absolute Gasteiger partial charge is 0.232 e. The Balaban J connectivity index is 1.66. The average molecular weight is 363 g/mol. The van der Waals surface area contributed by atoms with Gasteiger partial charge in [-0.2, -0.15) is 0 Å². The second kappa shape index (κ2) is 7.77. The first kappa shape index (κ1) is 17.6. The first-order valence-corrected chi connectivity index (χ1v) is 9.67. The molecule has 2 aromatic carbocycles. The van der Waals surface area contributed by atoms with Crippen LogP contribution < -0.4 is 0 Å². The van der Waals surface area contributed by atoms with Crippen molar-refractivity contribution in [3.8, 4) is 0 Å². The molecule has 0 radical (unpaired) electrons. The predicted octanol–water partition coefficient (Wildman–Crippen LogP) is 4.14. The lowest BCUT2D eigenvalue weighted by atomic mass is 10.0. The van der Waals surface area contributed by atoms with E-state index in [1.165, 1.54) is 0 Å². The zero-order valence-corrected chi connectivity index (χ0v) is 15.7. The van der Waals surface area contributed by atoms with Crippen LogP contribution in [0.25, 0.3) is 10.8 Å². The molecular weight excluding hydrogens is 340 g/mol. The van der Waals surface area contributed by atoms with Crippen LogP contribution in [-0.4, -0.2) is 54.7 Å². The van der Waals surface area contributed by atoms with Crippen LogP contribution in [0.5, 0.6) is 0 Å². The summed E-state index contributed by atoms with van der Waals surface area (Å²) in [5.74, 6) is 0.645. The van der Waals surface area contributed by atoms with E-state index in [1.807, 2.05) is 36.2 Å². The van der Waals surface area contributed by atoms with Crippen molar-refractivity contribution in [2.75, 3.05) is 32.9 Å². The molecule has 3 nitrogen and oxygen atoms in total. The van der Waals surface area contributed by atoms with E-state index in [4.69, 9.17) is 11.6 Å². The van der Waals surface area contributed by atoms with Crippen LogP contribution in [0.3, 0.4) is 0 Å². The number of hydrogen-bond donors (Lipinski definition) is 0. The Morgan fingerprint density at radius 2 is 1.92 bits per heavy atom. The molecule has 0 N–H and O–H groups in total. The van der Waals surface area contributed by atoms with E-state index >= 15 is 0 Å². The third kappa shape index (κ3) is 3.88. The van der Waals surface area contributed by atoms with E-state index < -0.39 is 0 Å². The molecular formula is C19H23ClN2OS. The number of nitrogens with zero attached hydrogens (tertiary/aromatic N) is 2. The minimum atomic E-state index is 0.193. The lowest BCUT2D eigenvalue weighted by molar-refractivity contribution is -0.129. The van der Waals surface area contributed by atoms with Gasteiger partial charge >= 0.3 is 0 Å². The molecule has 128 valence electrons. The quantitative estimate of drug-likeness (QED) is 0.764. The number of carbonyl (C=O) groups excluding carboxylic acids is 1. The molecule has 2 aromatic rings. The van der Waals surface area contributed by atoms with E-state index in [9.17, 15) is 4.79 Å². The van der Waals surface area contributed by atoms with Crippen molar-refractivity contribution in [1.82, 2.24) is 9.80 Å². The summed E-state index contributed by atoms with van der Waals surface area (Å²) in [6.45, 7) is 2.13. The molecule has 0 aromatic heterocycles. The summed E-state index contributed by atoms with van der Waals surface area (Å²) in [6.07, 6.45) is 2.12. The summed E-state index contributed by atoms with van der Waals surface area (Å²) in [5.41, 5.74) is 0. The first-order valence-electron chi connectivity index (χ1n) is 8.30. The number of benzene rings is 2.